The van der Waals surface area contributed by atoms with Crippen LogP contribution in [0.3, 0.4) is 0 Å². The summed E-state index contributed by atoms with van der Waals surface area (Å²) in [5, 5.41) is 20.2. The Labute approximate surface area is 133 Å². The number of nitriles is 1. The summed E-state index contributed by atoms with van der Waals surface area (Å²) in [6.45, 7) is 3.49. The van der Waals surface area contributed by atoms with E-state index in [4.69, 9.17) is 0 Å². The summed E-state index contributed by atoms with van der Waals surface area (Å²) in [5.41, 5.74) is 2.20. The van der Waals surface area contributed by atoms with Gasteiger partial charge < -0.3 is 0 Å². The van der Waals surface area contributed by atoms with Gasteiger partial charge in [-0.2, -0.15) is 5.26 Å². The van der Waals surface area contributed by atoms with Crippen LogP contribution in [0.5, 0.6) is 0 Å². The zero-order chi connectivity index (χ0) is 17.0. The van der Waals surface area contributed by atoms with Gasteiger partial charge in [0.1, 0.15) is 11.6 Å². The van der Waals surface area contributed by atoms with Gasteiger partial charge in [0.2, 0.25) is 5.78 Å². The highest BCUT2D eigenvalue weighted by Gasteiger charge is 2.14. The molecule has 0 unspecified atom stereocenters. The Morgan fingerprint density at radius 3 is 2.57 bits per heavy atom. The molecule has 2 aromatic rings. The first kappa shape index (κ1) is 16.1. The Kier molecular flexibility index (Phi) is 4.67. The third kappa shape index (κ3) is 3.69. The van der Waals surface area contributed by atoms with E-state index < -0.39 is 10.7 Å². The van der Waals surface area contributed by atoms with E-state index in [1.54, 1.807) is 37.3 Å². The number of rotatable bonds is 4. The topological polar surface area (TPSA) is 84.0 Å². The fourth-order valence-electron chi connectivity index (χ4n) is 2.17. The molecule has 0 fully saturated rings. The zero-order valence-electron chi connectivity index (χ0n) is 12.7. The second-order valence-electron chi connectivity index (χ2n) is 5.17. The van der Waals surface area contributed by atoms with Crippen molar-refractivity contribution in [2.75, 3.05) is 0 Å². The average Bonchev–Trinajstić information content (AvgIpc) is 2.53. The van der Waals surface area contributed by atoms with E-state index >= 15 is 0 Å². The molecule has 0 spiro atoms. The van der Waals surface area contributed by atoms with Crippen LogP contribution >= 0.6 is 0 Å². The molecule has 0 radical (unpaired) electrons. The molecule has 0 N–H and O–H groups in total. The third-order valence-corrected chi connectivity index (χ3v) is 3.39. The van der Waals surface area contributed by atoms with Crippen LogP contribution in [0.15, 0.2) is 48.0 Å². The number of carbonyl (C=O) groups excluding carboxylic acids is 1. The lowest BCUT2D eigenvalue weighted by Crippen LogP contribution is -2.02. The minimum atomic E-state index is -0.485. The minimum absolute atomic E-state index is 0.0426. The number of carbonyl (C=O) groups is 1. The van der Waals surface area contributed by atoms with Gasteiger partial charge in [-0.15, -0.1) is 0 Å². The van der Waals surface area contributed by atoms with Gasteiger partial charge >= 0.3 is 0 Å². The molecular formula is C18H14N2O3. The molecule has 2 rings (SSSR count). The molecule has 0 amide bonds. The zero-order valence-corrected chi connectivity index (χ0v) is 12.7. The SMILES string of the molecule is Cc1cccc(C(=O)/C(C#N)=C/c2ccc(C)c([N+](=O)[O-])c2)c1. The fourth-order valence-corrected chi connectivity index (χ4v) is 2.17. The molecule has 0 aromatic heterocycles. The van der Waals surface area contributed by atoms with E-state index in [2.05, 4.69) is 0 Å². The average molecular weight is 306 g/mol. The lowest BCUT2D eigenvalue weighted by Gasteiger charge is -2.02. The number of nitrogens with zero attached hydrogens (tertiary/aromatic N) is 2. The molecule has 114 valence electrons. The maximum atomic E-state index is 12.4. The number of nitro groups is 1. The van der Waals surface area contributed by atoms with Gasteiger partial charge in [-0.25, -0.2) is 0 Å². The molecule has 0 saturated carbocycles. The molecule has 0 saturated heterocycles. The summed E-state index contributed by atoms with van der Waals surface area (Å²) in [5.74, 6) is -0.403. The van der Waals surface area contributed by atoms with Gasteiger partial charge in [-0.3, -0.25) is 14.9 Å². The standard InChI is InChI=1S/C18H14N2O3/c1-12-4-3-5-15(8-12)18(21)16(11-19)9-14-7-6-13(2)17(10-14)20(22)23/h3-10H,1-2H3/b16-9+. The van der Waals surface area contributed by atoms with E-state index in [1.165, 1.54) is 12.1 Å². The first-order valence-electron chi connectivity index (χ1n) is 6.90. The molecule has 0 atom stereocenters. The van der Waals surface area contributed by atoms with Gasteiger partial charge in [-0.1, -0.05) is 35.9 Å². The predicted octanol–water partition coefficient (Wildman–Crippen LogP) is 4.00. The van der Waals surface area contributed by atoms with Crippen LogP contribution in [-0.4, -0.2) is 10.7 Å². The highest BCUT2D eigenvalue weighted by Crippen LogP contribution is 2.21. The lowest BCUT2D eigenvalue weighted by atomic mass is 10.00. The smallest absolute Gasteiger partial charge is 0.272 e. The van der Waals surface area contributed by atoms with Crippen molar-refractivity contribution in [1.29, 1.82) is 5.26 Å². The van der Waals surface area contributed by atoms with Gasteiger partial charge in [0.25, 0.3) is 5.69 Å². The van der Waals surface area contributed by atoms with Crippen LogP contribution in [0.25, 0.3) is 6.08 Å². The molecule has 2 aromatic carbocycles. The number of hydrogen-bond donors (Lipinski definition) is 0. The van der Waals surface area contributed by atoms with Crippen molar-refractivity contribution < 1.29 is 9.72 Å². The monoisotopic (exact) mass is 306 g/mol. The van der Waals surface area contributed by atoms with Crippen molar-refractivity contribution in [3.05, 3.63) is 80.4 Å². The van der Waals surface area contributed by atoms with Crippen molar-refractivity contribution in [3.8, 4) is 6.07 Å². The molecular weight excluding hydrogens is 292 g/mol. The molecule has 0 aliphatic rings. The van der Waals surface area contributed by atoms with Crippen LogP contribution in [0.2, 0.25) is 0 Å². The van der Waals surface area contributed by atoms with Crippen molar-refractivity contribution in [3.63, 3.8) is 0 Å². The Hall–Kier alpha value is -3.26. The quantitative estimate of drug-likeness (QED) is 0.281. The minimum Gasteiger partial charge on any atom is -0.288 e. The van der Waals surface area contributed by atoms with E-state index in [-0.39, 0.29) is 11.3 Å². The highest BCUT2D eigenvalue weighted by atomic mass is 16.6. The summed E-state index contributed by atoms with van der Waals surface area (Å²) in [7, 11) is 0. The number of hydrogen-bond acceptors (Lipinski definition) is 4. The third-order valence-electron chi connectivity index (χ3n) is 3.39. The van der Waals surface area contributed by atoms with E-state index in [0.717, 1.165) is 5.56 Å². The van der Waals surface area contributed by atoms with Crippen molar-refractivity contribution in [2.24, 2.45) is 0 Å². The Morgan fingerprint density at radius 2 is 1.96 bits per heavy atom. The molecule has 5 heteroatoms. The van der Waals surface area contributed by atoms with Gasteiger partial charge in [-0.05, 0) is 31.6 Å². The number of benzene rings is 2. The van der Waals surface area contributed by atoms with E-state index in [1.807, 2.05) is 19.1 Å². The maximum absolute atomic E-state index is 12.4. The number of aryl methyl sites for hydroxylation is 2. The summed E-state index contributed by atoms with van der Waals surface area (Å²) in [6.07, 6.45) is 1.37. The van der Waals surface area contributed by atoms with Crippen molar-refractivity contribution in [1.82, 2.24) is 0 Å². The molecule has 0 bridgehead atoms. The lowest BCUT2D eigenvalue weighted by molar-refractivity contribution is -0.385. The van der Waals surface area contributed by atoms with Gasteiger partial charge in [0.05, 0.1) is 4.92 Å². The molecule has 0 aliphatic carbocycles. The van der Waals surface area contributed by atoms with Crippen LogP contribution in [0.1, 0.15) is 27.0 Å². The van der Waals surface area contributed by atoms with Crippen molar-refractivity contribution >= 4 is 17.5 Å². The van der Waals surface area contributed by atoms with E-state index in [0.29, 0.717) is 16.7 Å². The Bertz CT molecular complexity index is 861. The first-order valence-corrected chi connectivity index (χ1v) is 6.90. The van der Waals surface area contributed by atoms with Crippen LogP contribution in [0, 0.1) is 35.3 Å². The Balaban J connectivity index is 2.43. The number of Topliss-reactive ketones (excluding diaryl/α,β-unsaturated/α-hetero) is 1. The number of nitro benzene ring substituents is 1. The van der Waals surface area contributed by atoms with Crippen LogP contribution in [-0.2, 0) is 0 Å². The van der Waals surface area contributed by atoms with Gasteiger partial charge in [0.15, 0.2) is 0 Å². The second kappa shape index (κ2) is 6.67. The normalized spacial score (nSPS) is 10.9. The summed E-state index contributed by atoms with van der Waals surface area (Å²) >= 11 is 0. The number of allylic oxidation sites excluding steroid dienone is 1. The van der Waals surface area contributed by atoms with Crippen molar-refractivity contribution in [2.45, 2.75) is 13.8 Å². The van der Waals surface area contributed by atoms with E-state index in [9.17, 15) is 20.2 Å². The highest BCUT2D eigenvalue weighted by molar-refractivity contribution is 6.14. The predicted molar refractivity (Wildman–Crippen MR) is 86.9 cm³/mol. The summed E-state index contributed by atoms with van der Waals surface area (Å²) in [6, 6.07) is 13.4. The Morgan fingerprint density at radius 1 is 1.22 bits per heavy atom. The molecule has 23 heavy (non-hydrogen) atoms. The van der Waals surface area contributed by atoms with Crippen LogP contribution in [0.4, 0.5) is 5.69 Å². The maximum Gasteiger partial charge on any atom is 0.272 e. The largest absolute Gasteiger partial charge is 0.288 e. The number of ketones is 1. The molecule has 0 heterocycles. The summed E-state index contributed by atoms with van der Waals surface area (Å²) in [4.78, 5) is 22.9. The molecule has 0 aliphatic heterocycles. The first-order chi connectivity index (χ1) is 10.9. The second-order valence-corrected chi connectivity index (χ2v) is 5.17. The molecule has 5 nitrogen and oxygen atoms in total. The van der Waals surface area contributed by atoms with Gasteiger partial charge in [0, 0.05) is 17.2 Å². The van der Waals surface area contributed by atoms with Crippen LogP contribution < -0.4 is 0 Å². The fraction of sp³-hybridized carbons (Fsp3) is 0.111. The summed E-state index contributed by atoms with van der Waals surface area (Å²) < 4.78 is 0.